The minimum Gasteiger partial charge on any atom is -0.469 e. The van der Waals surface area contributed by atoms with Gasteiger partial charge < -0.3 is 4.42 Å². The number of furan rings is 1. The standard InChI is InChI=1S/C9H14O.2C2H6/c1-4-9-5-8(6-10-9)7(2)3;2*1-2/h5-7H,4H2,1-3H3;2*1-2H3. The monoisotopic (exact) mass is 198 g/mol. The molecule has 14 heavy (non-hydrogen) atoms. The molecule has 1 rings (SSSR count). The van der Waals surface area contributed by atoms with Gasteiger partial charge in [-0.25, -0.2) is 0 Å². The van der Waals surface area contributed by atoms with E-state index in [9.17, 15) is 0 Å². The van der Waals surface area contributed by atoms with Gasteiger partial charge in [0.1, 0.15) is 5.76 Å². The first-order valence-corrected chi connectivity index (χ1v) is 5.81. The van der Waals surface area contributed by atoms with Crippen LogP contribution in [0.2, 0.25) is 0 Å². The predicted molar refractivity (Wildman–Crippen MR) is 64.9 cm³/mol. The lowest BCUT2D eigenvalue weighted by atomic mass is 10.1. The van der Waals surface area contributed by atoms with Crippen molar-refractivity contribution in [2.24, 2.45) is 0 Å². The van der Waals surface area contributed by atoms with Gasteiger partial charge in [0, 0.05) is 6.42 Å². The molecule has 1 aromatic rings. The normalized spacial score (nSPS) is 8.57. The van der Waals surface area contributed by atoms with E-state index in [4.69, 9.17) is 4.42 Å². The van der Waals surface area contributed by atoms with Gasteiger partial charge >= 0.3 is 0 Å². The van der Waals surface area contributed by atoms with E-state index in [1.54, 1.807) is 0 Å². The maximum absolute atomic E-state index is 5.28. The van der Waals surface area contributed by atoms with Gasteiger partial charge in [0.25, 0.3) is 0 Å². The molecule has 1 heteroatoms. The molecule has 0 saturated carbocycles. The van der Waals surface area contributed by atoms with Crippen molar-refractivity contribution >= 4 is 0 Å². The summed E-state index contributed by atoms with van der Waals surface area (Å²) in [4.78, 5) is 0. The van der Waals surface area contributed by atoms with Gasteiger partial charge in [-0.2, -0.15) is 0 Å². The summed E-state index contributed by atoms with van der Waals surface area (Å²) in [5.41, 5.74) is 1.30. The van der Waals surface area contributed by atoms with Crippen LogP contribution in [0.15, 0.2) is 16.7 Å². The molecule has 0 amide bonds. The summed E-state index contributed by atoms with van der Waals surface area (Å²) in [6, 6.07) is 2.13. The Kier molecular flexibility index (Phi) is 11.6. The summed E-state index contributed by atoms with van der Waals surface area (Å²) >= 11 is 0. The fraction of sp³-hybridized carbons (Fsp3) is 0.692. The maximum atomic E-state index is 5.28. The van der Waals surface area contributed by atoms with Gasteiger partial charge in [0.05, 0.1) is 6.26 Å². The molecule has 0 aliphatic carbocycles. The van der Waals surface area contributed by atoms with Gasteiger partial charge in [-0.3, -0.25) is 0 Å². The van der Waals surface area contributed by atoms with Crippen molar-refractivity contribution in [3.8, 4) is 0 Å². The zero-order chi connectivity index (χ0) is 11.6. The minimum atomic E-state index is 0.587. The van der Waals surface area contributed by atoms with Gasteiger partial charge in [-0.1, -0.05) is 48.5 Å². The van der Waals surface area contributed by atoms with Crippen LogP contribution in [0.25, 0.3) is 0 Å². The van der Waals surface area contributed by atoms with Crippen LogP contribution in [0.5, 0.6) is 0 Å². The van der Waals surface area contributed by atoms with Crippen LogP contribution >= 0.6 is 0 Å². The van der Waals surface area contributed by atoms with Crippen LogP contribution < -0.4 is 0 Å². The molecule has 0 fully saturated rings. The summed E-state index contributed by atoms with van der Waals surface area (Å²) in [5, 5.41) is 0. The molecule has 0 saturated heterocycles. The van der Waals surface area contributed by atoms with Crippen LogP contribution in [0.1, 0.15) is 65.7 Å². The maximum Gasteiger partial charge on any atom is 0.103 e. The Morgan fingerprint density at radius 2 is 1.64 bits per heavy atom. The van der Waals surface area contributed by atoms with Crippen molar-refractivity contribution in [1.29, 1.82) is 0 Å². The first-order valence-electron chi connectivity index (χ1n) is 5.81. The van der Waals surface area contributed by atoms with Gasteiger partial charge in [-0.15, -0.1) is 0 Å². The van der Waals surface area contributed by atoms with Gasteiger partial charge in [-0.05, 0) is 17.5 Å². The molecule has 0 atom stereocenters. The molecular formula is C13H26O. The van der Waals surface area contributed by atoms with E-state index >= 15 is 0 Å². The highest BCUT2D eigenvalue weighted by molar-refractivity contribution is 5.15. The summed E-state index contributed by atoms with van der Waals surface area (Å²) in [6.07, 6.45) is 2.84. The lowest BCUT2D eigenvalue weighted by molar-refractivity contribution is 0.513. The smallest absolute Gasteiger partial charge is 0.103 e. The molecule has 1 aromatic heterocycles. The lowest BCUT2D eigenvalue weighted by Crippen LogP contribution is -1.80. The molecule has 0 N–H and O–H groups in total. The highest BCUT2D eigenvalue weighted by atomic mass is 16.3. The van der Waals surface area contributed by atoms with Crippen LogP contribution in [0.3, 0.4) is 0 Å². The largest absolute Gasteiger partial charge is 0.469 e. The Morgan fingerprint density at radius 3 is 1.86 bits per heavy atom. The van der Waals surface area contributed by atoms with E-state index in [0.717, 1.165) is 12.2 Å². The second-order valence-electron chi connectivity index (χ2n) is 2.85. The van der Waals surface area contributed by atoms with Crippen molar-refractivity contribution in [1.82, 2.24) is 0 Å². The van der Waals surface area contributed by atoms with E-state index in [2.05, 4.69) is 26.8 Å². The van der Waals surface area contributed by atoms with E-state index in [1.807, 2.05) is 34.0 Å². The molecule has 84 valence electrons. The van der Waals surface area contributed by atoms with Crippen molar-refractivity contribution in [2.75, 3.05) is 0 Å². The highest BCUT2D eigenvalue weighted by Gasteiger charge is 2.02. The fourth-order valence-corrected chi connectivity index (χ4v) is 0.886. The third-order valence-electron chi connectivity index (χ3n) is 1.69. The molecule has 0 unspecified atom stereocenters. The van der Waals surface area contributed by atoms with E-state index < -0.39 is 0 Å². The van der Waals surface area contributed by atoms with Crippen LogP contribution in [-0.4, -0.2) is 0 Å². The number of hydrogen-bond acceptors (Lipinski definition) is 1. The zero-order valence-electron chi connectivity index (χ0n) is 10.8. The second kappa shape index (κ2) is 10.4. The number of rotatable bonds is 2. The molecule has 1 heterocycles. The Balaban J connectivity index is 0. The Morgan fingerprint density at radius 1 is 1.14 bits per heavy atom. The van der Waals surface area contributed by atoms with Crippen molar-refractivity contribution in [3.63, 3.8) is 0 Å². The Labute approximate surface area is 89.5 Å². The van der Waals surface area contributed by atoms with Crippen molar-refractivity contribution < 1.29 is 4.42 Å². The number of hydrogen-bond donors (Lipinski definition) is 0. The van der Waals surface area contributed by atoms with E-state index in [1.165, 1.54) is 5.56 Å². The van der Waals surface area contributed by atoms with E-state index in [0.29, 0.717) is 5.92 Å². The quantitative estimate of drug-likeness (QED) is 0.650. The molecule has 0 bridgehead atoms. The first kappa shape index (κ1) is 15.7. The SMILES string of the molecule is CC.CC.CCc1cc(C(C)C)co1. The number of aryl methyl sites for hydroxylation is 1. The molecule has 0 aliphatic rings. The second-order valence-corrected chi connectivity index (χ2v) is 2.85. The predicted octanol–water partition coefficient (Wildman–Crippen LogP) is 5.02. The molecule has 0 aromatic carbocycles. The summed E-state index contributed by atoms with van der Waals surface area (Å²) in [7, 11) is 0. The van der Waals surface area contributed by atoms with Crippen molar-refractivity contribution in [2.45, 2.75) is 60.8 Å². The Bertz CT molecular complexity index is 199. The van der Waals surface area contributed by atoms with Gasteiger partial charge in [0.15, 0.2) is 0 Å². The summed E-state index contributed by atoms with van der Waals surface area (Å²) in [6.45, 7) is 14.4. The third kappa shape index (κ3) is 5.85. The third-order valence-corrected chi connectivity index (χ3v) is 1.69. The summed E-state index contributed by atoms with van der Waals surface area (Å²) < 4.78 is 5.28. The Hall–Kier alpha value is -0.720. The van der Waals surface area contributed by atoms with Crippen LogP contribution in [0.4, 0.5) is 0 Å². The molecule has 0 radical (unpaired) electrons. The average Bonchev–Trinajstić information content (AvgIpc) is 2.72. The lowest BCUT2D eigenvalue weighted by Gasteiger charge is -1.95. The topological polar surface area (TPSA) is 13.1 Å². The van der Waals surface area contributed by atoms with Gasteiger partial charge in [0.2, 0.25) is 0 Å². The fourth-order valence-electron chi connectivity index (χ4n) is 0.886. The first-order chi connectivity index (χ1) is 6.74. The average molecular weight is 198 g/mol. The van der Waals surface area contributed by atoms with Crippen molar-refractivity contribution in [3.05, 3.63) is 23.7 Å². The molecule has 1 nitrogen and oxygen atoms in total. The van der Waals surface area contributed by atoms with Crippen LogP contribution in [0, 0.1) is 0 Å². The minimum absolute atomic E-state index is 0.587. The van der Waals surface area contributed by atoms with E-state index in [-0.39, 0.29) is 0 Å². The highest BCUT2D eigenvalue weighted by Crippen LogP contribution is 2.17. The van der Waals surface area contributed by atoms with Crippen LogP contribution in [-0.2, 0) is 6.42 Å². The molecule has 0 aliphatic heterocycles. The molecular weight excluding hydrogens is 172 g/mol. The summed E-state index contributed by atoms with van der Waals surface area (Å²) in [5.74, 6) is 1.67. The molecule has 0 spiro atoms. The zero-order valence-corrected chi connectivity index (χ0v) is 10.8.